The molecule has 0 amide bonds. The second-order valence-corrected chi connectivity index (χ2v) is 4.94. The Kier molecular flexibility index (Phi) is 3.48. The molecule has 0 unspecified atom stereocenters. The molecule has 1 aromatic carbocycles. The van der Waals surface area contributed by atoms with Gasteiger partial charge in [0.15, 0.2) is 5.65 Å². The number of nitrogens with zero attached hydrogens (tertiary/aromatic N) is 2. The largest absolute Gasteiger partial charge is 0.416 e. The fourth-order valence-corrected chi connectivity index (χ4v) is 2.24. The maximum Gasteiger partial charge on any atom is 0.416 e. The van der Waals surface area contributed by atoms with Crippen LogP contribution in [-0.2, 0) is 19.0 Å². The third-order valence-corrected chi connectivity index (χ3v) is 3.38. The zero-order chi connectivity index (χ0) is 15.7. The normalized spacial score (nSPS) is 12.0. The number of aryl methyl sites for hydroxylation is 2. The number of aromatic nitrogens is 3. The van der Waals surface area contributed by atoms with Crippen molar-refractivity contribution in [2.75, 3.05) is 0 Å². The van der Waals surface area contributed by atoms with Crippen LogP contribution in [0.5, 0.6) is 0 Å². The third-order valence-electron chi connectivity index (χ3n) is 3.38. The van der Waals surface area contributed by atoms with E-state index >= 15 is 0 Å². The van der Waals surface area contributed by atoms with E-state index in [9.17, 15) is 18.0 Å². The van der Waals surface area contributed by atoms with Gasteiger partial charge >= 0.3 is 6.18 Å². The summed E-state index contributed by atoms with van der Waals surface area (Å²) < 4.78 is 38.8. The summed E-state index contributed by atoms with van der Waals surface area (Å²) in [6.07, 6.45) is -1.70. The third kappa shape index (κ3) is 2.88. The van der Waals surface area contributed by atoms with E-state index in [0.29, 0.717) is 24.2 Å². The minimum absolute atomic E-state index is 0.211. The lowest BCUT2D eigenvalue weighted by Gasteiger charge is -2.07. The molecule has 0 aliphatic heterocycles. The van der Waals surface area contributed by atoms with Gasteiger partial charge in [-0.1, -0.05) is 12.1 Å². The molecule has 0 aliphatic carbocycles. The lowest BCUT2D eigenvalue weighted by atomic mass is 10.1. The van der Waals surface area contributed by atoms with Gasteiger partial charge in [0.2, 0.25) is 0 Å². The molecule has 22 heavy (non-hydrogen) atoms. The van der Waals surface area contributed by atoms with Crippen LogP contribution in [0.4, 0.5) is 13.2 Å². The van der Waals surface area contributed by atoms with Gasteiger partial charge in [0, 0.05) is 24.0 Å². The van der Waals surface area contributed by atoms with Gasteiger partial charge in [-0.05, 0) is 30.5 Å². The zero-order valence-electron chi connectivity index (χ0n) is 11.4. The van der Waals surface area contributed by atoms with Crippen LogP contribution in [-0.4, -0.2) is 14.6 Å². The Balaban J connectivity index is 1.75. The van der Waals surface area contributed by atoms with E-state index < -0.39 is 11.7 Å². The van der Waals surface area contributed by atoms with Crippen molar-refractivity contribution < 1.29 is 13.2 Å². The van der Waals surface area contributed by atoms with Crippen LogP contribution in [0.25, 0.3) is 5.65 Å². The first-order chi connectivity index (χ1) is 10.4. The van der Waals surface area contributed by atoms with Gasteiger partial charge in [0.25, 0.3) is 5.56 Å². The first kappa shape index (κ1) is 14.4. The summed E-state index contributed by atoms with van der Waals surface area (Å²) in [6.45, 7) is 0. The van der Waals surface area contributed by atoms with Crippen molar-refractivity contribution in [1.29, 1.82) is 0 Å². The molecule has 114 valence electrons. The molecule has 3 rings (SSSR count). The van der Waals surface area contributed by atoms with Gasteiger partial charge in [-0.3, -0.25) is 9.89 Å². The zero-order valence-corrected chi connectivity index (χ0v) is 11.4. The van der Waals surface area contributed by atoms with Gasteiger partial charge in [0.1, 0.15) is 0 Å². The van der Waals surface area contributed by atoms with Crippen LogP contribution in [0.2, 0.25) is 0 Å². The molecular weight excluding hydrogens is 295 g/mol. The van der Waals surface area contributed by atoms with E-state index in [1.54, 1.807) is 12.3 Å². The van der Waals surface area contributed by atoms with Crippen molar-refractivity contribution in [3.63, 3.8) is 0 Å². The molecule has 2 heterocycles. The number of hydrogen-bond donors (Lipinski definition) is 1. The predicted molar refractivity (Wildman–Crippen MR) is 74.7 cm³/mol. The van der Waals surface area contributed by atoms with Gasteiger partial charge in [-0.15, -0.1) is 0 Å². The summed E-state index contributed by atoms with van der Waals surface area (Å²) >= 11 is 0. The number of H-pyrrole nitrogens is 1. The first-order valence-corrected chi connectivity index (χ1v) is 6.66. The van der Waals surface area contributed by atoms with E-state index in [-0.39, 0.29) is 5.56 Å². The summed E-state index contributed by atoms with van der Waals surface area (Å²) in [5.41, 5.74) is 1.03. The lowest BCUT2D eigenvalue weighted by Crippen LogP contribution is -2.15. The molecule has 0 saturated heterocycles. The van der Waals surface area contributed by atoms with Crippen molar-refractivity contribution in [3.05, 3.63) is 69.8 Å². The van der Waals surface area contributed by atoms with Crippen LogP contribution in [0.15, 0.2) is 47.4 Å². The molecule has 3 aromatic rings. The number of fused-ring (bicyclic) bond motifs is 1. The van der Waals surface area contributed by atoms with Gasteiger partial charge < -0.3 is 0 Å². The minimum Gasteiger partial charge on any atom is -0.297 e. The first-order valence-electron chi connectivity index (χ1n) is 6.66. The van der Waals surface area contributed by atoms with E-state index in [1.165, 1.54) is 22.7 Å². The Morgan fingerprint density at radius 3 is 2.50 bits per heavy atom. The average molecular weight is 307 g/mol. The summed E-state index contributed by atoms with van der Waals surface area (Å²) in [6, 6.07) is 8.13. The van der Waals surface area contributed by atoms with Crippen molar-refractivity contribution >= 4 is 5.65 Å². The summed E-state index contributed by atoms with van der Waals surface area (Å²) in [4.78, 5) is 16.1. The number of benzene rings is 1. The highest BCUT2D eigenvalue weighted by Gasteiger charge is 2.29. The summed E-state index contributed by atoms with van der Waals surface area (Å²) in [5.74, 6) is 0. The molecule has 0 radical (unpaired) electrons. The number of hydrogen-bond acceptors (Lipinski definition) is 2. The highest BCUT2D eigenvalue weighted by molar-refractivity contribution is 5.36. The van der Waals surface area contributed by atoms with E-state index in [2.05, 4.69) is 10.1 Å². The molecule has 4 nitrogen and oxygen atoms in total. The van der Waals surface area contributed by atoms with E-state index in [1.807, 2.05) is 0 Å². The van der Waals surface area contributed by atoms with Crippen molar-refractivity contribution in [2.45, 2.75) is 19.0 Å². The lowest BCUT2D eigenvalue weighted by molar-refractivity contribution is -0.137. The Labute approximate surface area is 123 Å². The topological polar surface area (TPSA) is 50.2 Å². The fourth-order valence-electron chi connectivity index (χ4n) is 2.24. The quantitative estimate of drug-likeness (QED) is 0.809. The van der Waals surface area contributed by atoms with Crippen molar-refractivity contribution in [2.24, 2.45) is 0 Å². The van der Waals surface area contributed by atoms with E-state index in [0.717, 1.165) is 17.7 Å². The molecule has 0 aliphatic rings. The SMILES string of the molecule is O=c1cc(CCc2ccc(C(F)(F)F)cc2)nc2cc[nH]n12. The molecule has 0 atom stereocenters. The Morgan fingerprint density at radius 2 is 1.82 bits per heavy atom. The van der Waals surface area contributed by atoms with Crippen LogP contribution < -0.4 is 5.56 Å². The van der Waals surface area contributed by atoms with Crippen molar-refractivity contribution in [1.82, 2.24) is 14.6 Å². The molecule has 2 aromatic heterocycles. The second-order valence-electron chi connectivity index (χ2n) is 4.94. The molecule has 1 N–H and O–H groups in total. The van der Waals surface area contributed by atoms with Gasteiger partial charge in [-0.2, -0.15) is 13.2 Å². The van der Waals surface area contributed by atoms with Gasteiger partial charge in [-0.25, -0.2) is 9.50 Å². The van der Waals surface area contributed by atoms with Crippen LogP contribution >= 0.6 is 0 Å². The highest BCUT2D eigenvalue weighted by Crippen LogP contribution is 2.29. The molecule has 0 saturated carbocycles. The van der Waals surface area contributed by atoms with Gasteiger partial charge in [0.05, 0.1) is 5.56 Å². The van der Waals surface area contributed by atoms with E-state index in [4.69, 9.17) is 0 Å². The second kappa shape index (κ2) is 5.32. The highest BCUT2D eigenvalue weighted by atomic mass is 19.4. The maximum absolute atomic E-state index is 12.5. The van der Waals surface area contributed by atoms with Crippen LogP contribution in [0.1, 0.15) is 16.8 Å². The smallest absolute Gasteiger partial charge is 0.297 e. The Hall–Kier alpha value is -2.57. The predicted octanol–water partition coefficient (Wildman–Crippen LogP) is 2.83. The number of rotatable bonds is 3. The van der Waals surface area contributed by atoms with Crippen LogP contribution in [0.3, 0.4) is 0 Å². The van der Waals surface area contributed by atoms with Crippen LogP contribution in [0, 0.1) is 0 Å². The number of halogens is 3. The monoisotopic (exact) mass is 307 g/mol. The minimum atomic E-state index is -4.33. The molecular formula is C15H12F3N3O. The Bertz CT molecular complexity index is 847. The molecule has 0 bridgehead atoms. The summed E-state index contributed by atoms with van der Waals surface area (Å²) in [7, 11) is 0. The molecule has 0 fully saturated rings. The summed E-state index contributed by atoms with van der Waals surface area (Å²) in [5, 5.41) is 2.74. The standard InChI is InChI=1S/C15H12F3N3O/c16-15(17,18)11-4-1-10(2-5-11)3-6-12-9-14(22)21-13(20-12)7-8-19-21/h1-2,4-5,7-9,19H,3,6H2. The molecule has 0 spiro atoms. The Morgan fingerprint density at radius 1 is 1.09 bits per heavy atom. The number of aromatic amines is 1. The number of alkyl halides is 3. The maximum atomic E-state index is 12.5. The van der Waals surface area contributed by atoms with Crippen molar-refractivity contribution in [3.8, 4) is 0 Å². The number of nitrogens with one attached hydrogen (secondary N) is 1. The molecule has 7 heteroatoms. The fraction of sp³-hybridized carbons (Fsp3) is 0.200. The average Bonchev–Trinajstić information content (AvgIpc) is 2.93.